The first-order chi connectivity index (χ1) is 14.9. The Morgan fingerprint density at radius 3 is 2.00 bits per heavy atom. The number of carbonyl (C=O) groups is 3. The summed E-state index contributed by atoms with van der Waals surface area (Å²) in [5.41, 5.74) is 0. The number of esters is 3. The predicted octanol–water partition coefficient (Wildman–Crippen LogP) is 2.84. The fraction of sp³-hybridized carbons (Fsp3) is 0.870. The minimum atomic E-state index is -1.35. The van der Waals surface area contributed by atoms with Gasteiger partial charge in [0.2, 0.25) is 5.79 Å². The van der Waals surface area contributed by atoms with Gasteiger partial charge in [-0.2, -0.15) is 0 Å². The molecule has 9 nitrogen and oxygen atoms in total. The lowest BCUT2D eigenvalue weighted by atomic mass is 9.79. The largest absolute Gasteiger partial charge is 0.463 e. The van der Waals surface area contributed by atoms with Gasteiger partial charge in [0.15, 0.2) is 6.29 Å². The smallest absolute Gasteiger partial charge is 0.303 e. The molecule has 0 aromatic rings. The van der Waals surface area contributed by atoms with Gasteiger partial charge in [0.05, 0.1) is 18.1 Å². The topological polar surface area (TPSA) is 107 Å². The van der Waals surface area contributed by atoms with Crippen molar-refractivity contribution < 1.29 is 42.8 Å². The van der Waals surface area contributed by atoms with Crippen LogP contribution in [0.5, 0.6) is 0 Å². The van der Waals surface area contributed by atoms with Crippen LogP contribution in [0.3, 0.4) is 0 Å². The van der Waals surface area contributed by atoms with Gasteiger partial charge in [-0.05, 0) is 18.3 Å². The quantitative estimate of drug-likeness (QED) is 0.401. The van der Waals surface area contributed by atoms with Gasteiger partial charge in [0.25, 0.3) is 0 Å². The summed E-state index contributed by atoms with van der Waals surface area (Å²) in [5, 5.41) is 0. The van der Waals surface area contributed by atoms with E-state index in [-0.39, 0.29) is 43.0 Å². The summed E-state index contributed by atoms with van der Waals surface area (Å²) in [6, 6.07) is 0. The highest BCUT2D eigenvalue weighted by molar-refractivity contribution is 5.66. The lowest BCUT2D eigenvalue weighted by Crippen LogP contribution is -2.54. The van der Waals surface area contributed by atoms with Gasteiger partial charge in [-0.15, -0.1) is 0 Å². The van der Waals surface area contributed by atoms with Crippen LogP contribution in [0.25, 0.3) is 0 Å². The maximum Gasteiger partial charge on any atom is 0.303 e. The average molecular weight is 459 g/mol. The summed E-state index contributed by atoms with van der Waals surface area (Å²) in [6.45, 7) is 13.9. The van der Waals surface area contributed by atoms with Crippen LogP contribution in [0.4, 0.5) is 0 Å². The Morgan fingerprint density at radius 2 is 1.47 bits per heavy atom. The molecule has 0 amide bonds. The van der Waals surface area contributed by atoms with E-state index in [1.54, 1.807) is 0 Å². The van der Waals surface area contributed by atoms with Crippen LogP contribution in [0.1, 0.15) is 61.8 Å². The molecule has 2 aliphatic heterocycles. The van der Waals surface area contributed by atoms with E-state index in [1.807, 2.05) is 20.8 Å². The number of hydrogen-bond donors (Lipinski definition) is 0. The zero-order valence-electron chi connectivity index (χ0n) is 20.4. The fourth-order valence-electron chi connectivity index (χ4n) is 4.43. The van der Waals surface area contributed by atoms with E-state index < -0.39 is 42.1 Å². The van der Waals surface area contributed by atoms with E-state index in [2.05, 4.69) is 13.8 Å². The lowest BCUT2D eigenvalue weighted by Gasteiger charge is -2.46. The van der Waals surface area contributed by atoms with Gasteiger partial charge >= 0.3 is 17.9 Å². The van der Waals surface area contributed by atoms with E-state index in [0.717, 1.165) is 0 Å². The summed E-state index contributed by atoms with van der Waals surface area (Å²) >= 11 is 0. The molecular weight excluding hydrogens is 420 g/mol. The van der Waals surface area contributed by atoms with Crippen molar-refractivity contribution in [2.75, 3.05) is 13.2 Å². The molecule has 32 heavy (non-hydrogen) atoms. The van der Waals surface area contributed by atoms with E-state index in [0.29, 0.717) is 6.42 Å². The minimum absolute atomic E-state index is 0.0172. The van der Waals surface area contributed by atoms with E-state index >= 15 is 0 Å². The summed E-state index contributed by atoms with van der Waals surface area (Å²) < 4.78 is 35.0. The summed E-state index contributed by atoms with van der Waals surface area (Å²) in [5.74, 6) is -2.73. The van der Waals surface area contributed by atoms with E-state index in [4.69, 9.17) is 28.4 Å². The molecule has 2 aliphatic rings. The molecule has 184 valence electrons. The zero-order chi connectivity index (χ0) is 24.2. The number of hydrogen-bond acceptors (Lipinski definition) is 9. The standard InChI is InChI=1S/C23H38O9/c1-9-19-21(29-18(8)26)15(5)23(31-19,11-28-17(7)25)32-22-14(4)12(2)13(3)20(30-22)10-27-16(6)24/h12-15,19-22H,9-11H2,1-8H3/t12-,13-,14?,15+,19+,20?,21?,22+,23-/m0/s1. The van der Waals surface area contributed by atoms with Crippen molar-refractivity contribution in [3.8, 4) is 0 Å². The Balaban J connectivity index is 2.31. The Kier molecular flexibility index (Phi) is 9.07. The highest BCUT2D eigenvalue weighted by Crippen LogP contribution is 2.45. The van der Waals surface area contributed by atoms with Crippen molar-refractivity contribution in [1.82, 2.24) is 0 Å². The zero-order valence-corrected chi connectivity index (χ0v) is 20.4. The van der Waals surface area contributed by atoms with Crippen LogP contribution >= 0.6 is 0 Å². The molecule has 0 spiro atoms. The van der Waals surface area contributed by atoms with Crippen molar-refractivity contribution in [2.24, 2.45) is 23.7 Å². The van der Waals surface area contributed by atoms with Gasteiger partial charge < -0.3 is 28.4 Å². The van der Waals surface area contributed by atoms with Crippen LogP contribution in [0.2, 0.25) is 0 Å². The second-order valence-electron chi connectivity index (χ2n) is 9.06. The second-order valence-corrected chi connectivity index (χ2v) is 9.06. The molecule has 2 saturated heterocycles. The minimum Gasteiger partial charge on any atom is -0.463 e. The van der Waals surface area contributed by atoms with E-state index in [1.165, 1.54) is 20.8 Å². The third-order valence-corrected chi connectivity index (χ3v) is 6.83. The monoisotopic (exact) mass is 458 g/mol. The maximum absolute atomic E-state index is 11.7. The molecular formula is C23H38O9. The first kappa shape index (κ1) is 26.5. The van der Waals surface area contributed by atoms with Crippen molar-refractivity contribution in [3.63, 3.8) is 0 Å². The average Bonchev–Trinajstić information content (AvgIpc) is 2.97. The molecule has 2 rings (SSSR count). The summed E-state index contributed by atoms with van der Waals surface area (Å²) in [7, 11) is 0. The maximum atomic E-state index is 11.7. The lowest BCUT2D eigenvalue weighted by molar-refractivity contribution is -0.362. The first-order valence-electron chi connectivity index (χ1n) is 11.4. The molecule has 0 radical (unpaired) electrons. The van der Waals surface area contributed by atoms with Crippen molar-refractivity contribution in [1.29, 1.82) is 0 Å². The summed E-state index contributed by atoms with van der Waals surface area (Å²) in [4.78, 5) is 34.6. The summed E-state index contributed by atoms with van der Waals surface area (Å²) in [6.07, 6.45) is -1.45. The van der Waals surface area contributed by atoms with Crippen molar-refractivity contribution >= 4 is 17.9 Å². The van der Waals surface area contributed by atoms with Gasteiger partial charge in [-0.3, -0.25) is 14.4 Å². The van der Waals surface area contributed by atoms with Crippen LogP contribution in [-0.4, -0.2) is 61.5 Å². The molecule has 2 fully saturated rings. The van der Waals surface area contributed by atoms with Gasteiger partial charge in [-0.1, -0.05) is 34.6 Å². The molecule has 0 saturated carbocycles. The molecule has 0 aromatic heterocycles. The normalized spacial score (nSPS) is 39.4. The van der Waals surface area contributed by atoms with Crippen LogP contribution in [0.15, 0.2) is 0 Å². The first-order valence-corrected chi connectivity index (χ1v) is 11.4. The fourth-order valence-corrected chi connectivity index (χ4v) is 4.43. The third-order valence-electron chi connectivity index (χ3n) is 6.83. The number of carbonyl (C=O) groups excluding carboxylic acids is 3. The molecule has 0 aromatic carbocycles. The highest BCUT2D eigenvalue weighted by atomic mass is 16.8. The molecule has 0 N–H and O–H groups in total. The van der Waals surface area contributed by atoms with Crippen molar-refractivity contribution in [2.45, 2.75) is 92.2 Å². The molecule has 3 unspecified atom stereocenters. The van der Waals surface area contributed by atoms with Crippen LogP contribution < -0.4 is 0 Å². The van der Waals surface area contributed by atoms with Gasteiger partial charge in [0.1, 0.15) is 19.3 Å². The Morgan fingerprint density at radius 1 is 0.844 bits per heavy atom. The van der Waals surface area contributed by atoms with E-state index in [9.17, 15) is 14.4 Å². The molecule has 9 heteroatoms. The molecule has 0 aliphatic carbocycles. The Labute approximate surface area is 190 Å². The van der Waals surface area contributed by atoms with Crippen LogP contribution in [-0.2, 0) is 42.8 Å². The van der Waals surface area contributed by atoms with Crippen molar-refractivity contribution in [3.05, 3.63) is 0 Å². The third kappa shape index (κ3) is 5.99. The molecule has 9 atom stereocenters. The molecule has 2 heterocycles. The Bertz CT molecular complexity index is 680. The molecule has 0 bridgehead atoms. The predicted molar refractivity (Wildman–Crippen MR) is 113 cm³/mol. The SMILES string of the molecule is CC[C@H]1O[C@@](COC(C)=O)(O[C@H]2OC(COC(C)=O)[C@@H](C)[C@H](C)C2C)[C@H](C)C1OC(C)=O. The number of ether oxygens (including phenoxy) is 6. The highest BCUT2D eigenvalue weighted by Gasteiger charge is 2.58. The second kappa shape index (κ2) is 10.9. The number of rotatable bonds is 8. The van der Waals surface area contributed by atoms with Gasteiger partial charge in [-0.25, -0.2) is 0 Å². The Hall–Kier alpha value is -1.71. The van der Waals surface area contributed by atoms with Crippen LogP contribution in [0, 0.1) is 23.7 Å². The van der Waals surface area contributed by atoms with Gasteiger partial charge in [0, 0.05) is 26.7 Å².